The fourth-order valence-electron chi connectivity index (χ4n) is 1.29. The third-order valence-corrected chi connectivity index (χ3v) is 4.51. The van der Waals surface area contributed by atoms with Crippen LogP contribution in [0.2, 0.25) is 0 Å². The number of anilines is 1. The van der Waals surface area contributed by atoms with Crippen LogP contribution in [0.15, 0.2) is 21.1 Å². The number of carbonyl (C=O) groups is 1. The van der Waals surface area contributed by atoms with Crippen molar-refractivity contribution in [2.75, 3.05) is 12.4 Å². The van der Waals surface area contributed by atoms with Crippen LogP contribution < -0.4 is 10.1 Å². The number of methoxy groups -OCH3 is 1. The van der Waals surface area contributed by atoms with E-state index in [2.05, 4.69) is 49.8 Å². The van der Waals surface area contributed by atoms with Crippen molar-refractivity contribution < 1.29 is 9.53 Å². The average molecular weight is 397 g/mol. The average Bonchev–Trinajstić information content (AvgIpc) is 2.31. The van der Waals surface area contributed by atoms with Gasteiger partial charge in [-0.05, 0) is 43.8 Å². The molecule has 1 rings (SSSR count). The minimum atomic E-state index is -0.341. The summed E-state index contributed by atoms with van der Waals surface area (Å²) in [5.74, 6) is 0.705. The van der Waals surface area contributed by atoms with Crippen LogP contribution in [0.3, 0.4) is 0 Å². The van der Waals surface area contributed by atoms with Crippen molar-refractivity contribution in [3.8, 4) is 5.75 Å². The summed E-state index contributed by atoms with van der Waals surface area (Å²) in [5.41, 5.74) is 0.666. The summed E-state index contributed by atoms with van der Waals surface area (Å²) in [4.78, 5) is 11.9. The van der Waals surface area contributed by atoms with Crippen molar-refractivity contribution in [1.29, 1.82) is 0 Å². The first-order valence-corrected chi connectivity index (χ1v) is 7.49. The maximum atomic E-state index is 11.9. The maximum Gasteiger partial charge on any atom is 0.237 e. The van der Waals surface area contributed by atoms with Crippen molar-refractivity contribution >= 4 is 56.1 Å². The van der Waals surface area contributed by atoms with E-state index < -0.39 is 0 Å². The lowest BCUT2D eigenvalue weighted by molar-refractivity contribution is -0.116. The van der Waals surface area contributed by atoms with Gasteiger partial charge in [-0.3, -0.25) is 4.79 Å². The smallest absolute Gasteiger partial charge is 0.237 e. The zero-order valence-corrected chi connectivity index (χ0v) is 14.4. The Bertz CT molecular complexity index is 452. The van der Waals surface area contributed by atoms with E-state index in [0.29, 0.717) is 11.4 Å². The van der Waals surface area contributed by atoms with E-state index in [4.69, 9.17) is 4.74 Å². The van der Waals surface area contributed by atoms with Gasteiger partial charge in [0.15, 0.2) is 0 Å². The van der Waals surface area contributed by atoms with Gasteiger partial charge in [-0.15, -0.1) is 0 Å². The lowest BCUT2D eigenvalue weighted by Crippen LogP contribution is -2.27. The number of benzene rings is 1. The Morgan fingerprint density at radius 2 is 1.94 bits per heavy atom. The van der Waals surface area contributed by atoms with Crippen LogP contribution in [-0.4, -0.2) is 18.3 Å². The van der Waals surface area contributed by atoms with Gasteiger partial charge in [-0.2, -0.15) is 12.6 Å². The van der Waals surface area contributed by atoms with E-state index in [1.54, 1.807) is 13.2 Å². The summed E-state index contributed by atoms with van der Waals surface area (Å²) in [6, 6.07) is 3.59. The van der Waals surface area contributed by atoms with Crippen molar-refractivity contribution in [1.82, 2.24) is 0 Å². The molecule has 0 radical (unpaired) electrons. The van der Waals surface area contributed by atoms with Crippen LogP contribution in [0, 0.1) is 5.92 Å². The normalized spacial score (nSPS) is 12.4. The number of ether oxygens (including phenoxy) is 1. The van der Waals surface area contributed by atoms with E-state index in [0.717, 1.165) is 8.95 Å². The number of amides is 1. The van der Waals surface area contributed by atoms with Crippen LogP contribution in [0.1, 0.15) is 13.8 Å². The number of halogens is 2. The fourth-order valence-corrected chi connectivity index (χ4v) is 2.61. The Kier molecular flexibility index (Phi) is 6.01. The number of hydrogen-bond donors (Lipinski definition) is 2. The highest BCUT2D eigenvalue weighted by Gasteiger charge is 2.19. The summed E-state index contributed by atoms with van der Waals surface area (Å²) in [6.07, 6.45) is 0. The zero-order chi connectivity index (χ0) is 13.9. The van der Waals surface area contributed by atoms with E-state index in [9.17, 15) is 4.79 Å². The first-order valence-electron chi connectivity index (χ1n) is 5.38. The van der Waals surface area contributed by atoms with Gasteiger partial charge in [-0.1, -0.05) is 13.8 Å². The van der Waals surface area contributed by atoms with Crippen molar-refractivity contribution in [2.45, 2.75) is 19.1 Å². The Morgan fingerprint density at radius 3 is 2.44 bits per heavy atom. The fraction of sp³-hybridized carbons (Fsp3) is 0.417. The summed E-state index contributed by atoms with van der Waals surface area (Å²) in [7, 11) is 1.58. The molecule has 0 saturated carbocycles. The molecular formula is C12H15Br2NO2S. The molecule has 0 spiro atoms. The third kappa shape index (κ3) is 3.90. The predicted molar refractivity (Wildman–Crippen MR) is 84.6 cm³/mol. The first kappa shape index (κ1) is 15.9. The van der Waals surface area contributed by atoms with E-state index in [1.165, 1.54) is 0 Å². The van der Waals surface area contributed by atoms with Gasteiger partial charge in [0.2, 0.25) is 5.91 Å². The second-order valence-electron chi connectivity index (χ2n) is 4.14. The van der Waals surface area contributed by atoms with Gasteiger partial charge in [0.25, 0.3) is 0 Å². The maximum absolute atomic E-state index is 11.9. The molecule has 1 amide bonds. The Balaban J connectivity index is 2.94. The van der Waals surface area contributed by atoms with Crippen molar-refractivity contribution in [3.63, 3.8) is 0 Å². The first-order chi connectivity index (χ1) is 8.36. The quantitative estimate of drug-likeness (QED) is 0.751. The van der Waals surface area contributed by atoms with Crippen LogP contribution in [-0.2, 0) is 4.79 Å². The molecule has 1 aromatic carbocycles. The van der Waals surface area contributed by atoms with Crippen LogP contribution in [0.5, 0.6) is 5.75 Å². The van der Waals surface area contributed by atoms with Crippen molar-refractivity contribution in [3.05, 3.63) is 21.1 Å². The molecule has 1 atom stereocenters. The molecular weight excluding hydrogens is 382 g/mol. The molecule has 1 aromatic rings. The molecule has 0 aliphatic rings. The topological polar surface area (TPSA) is 38.3 Å². The third-order valence-electron chi connectivity index (χ3n) is 2.40. The molecule has 0 aromatic heterocycles. The number of hydrogen-bond acceptors (Lipinski definition) is 3. The molecule has 18 heavy (non-hydrogen) atoms. The van der Waals surface area contributed by atoms with E-state index in [-0.39, 0.29) is 17.1 Å². The minimum Gasteiger partial charge on any atom is -0.495 e. The SMILES string of the molecule is COc1cc(NC(=O)C(S)C(C)C)c(Br)cc1Br. The molecule has 0 bridgehead atoms. The number of rotatable bonds is 4. The highest BCUT2D eigenvalue weighted by Crippen LogP contribution is 2.34. The van der Waals surface area contributed by atoms with Crippen LogP contribution >= 0.6 is 44.5 Å². The standard InChI is InChI=1S/C12H15Br2NO2S/c1-6(2)11(18)12(16)15-9-5-10(17-3)8(14)4-7(9)13/h4-6,11,18H,1-3H3,(H,15,16). The van der Waals surface area contributed by atoms with E-state index in [1.807, 2.05) is 19.9 Å². The van der Waals surface area contributed by atoms with Crippen LogP contribution in [0.25, 0.3) is 0 Å². The van der Waals surface area contributed by atoms with Gasteiger partial charge < -0.3 is 10.1 Å². The van der Waals surface area contributed by atoms with E-state index >= 15 is 0 Å². The molecule has 3 nitrogen and oxygen atoms in total. The summed E-state index contributed by atoms with van der Waals surface area (Å²) in [6.45, 7) is 3.91. The molecule has 0 saturated heterocycles. The zero-order valence-electron chi connectivity index (χ0n) is 10.3. The van der Waals surface area contributed by atoms with Gasteiger partial charge >= 0.3 is 0 Å². The molecule has 6 heteroatoms. The number of thiol groups is 1. The number of carbonyl (C=O) groups excluding carboxylic acids is 1. The molecule has 1 N–H and O–H groups in total. The summed E-state index contributed by atoms with van der Waals surface area (Å²) >= 11 is 11.1. The largest absolute Gasteiger partial charge is 0.495 e. The lowest BCUT2D eigenvalue weighted by atomic mass is 10.1. The summed E-state index contributed by atoms with van der Waals surface area (Å²) in [5, 5.41) is 2.49. The second kappa shape index (κ2) is 6.82. The Morgan fingerprint density at radius 1 is 1.33 bits per heavy atom. The van der Waals surface area contributed by atoms with Gasteiger partial charge in [0, 0.05) is 10.5 Å². The van der Waals surface area contributed by atoms with Gasteiger partial charge in [0.05, 0.1) is 22.5 Å². The molecule has 0 aliphatic heterocycles. The molecule has 0 aliphatic carbocycles. The van der Waals surface area contributed by atoms with Crippen LogP contribution in [0.4, 0.5) is 5.69 Å². The van der Waals surface area contributed by atoms with Gasteiger partial charge in [0.1, 0.15) is 5.75 Å². The van der Waals surface area contributed by atoms with Crippen molar-refractivity contribution in [2.24, 2.45) is 5.92 Å². The molecule has 1 unspecified atom stereocenters. The Hall–Kier alpha value is -0.200. The number of nitrogens with one attached hydrogen (secondary N) is 1. The summed E-state index contributed by atoms with van der Waals surface area (Å²) < 4.78 is 6.80. The monoisotopic (exact) mass is 395 g/mol. The minimum absolute atomic E-state index is 0.126. The molecule has 100 valence electrons. The Labute approximate surface area is 129 Å². The highest BCUT2D eigenvalue weighted by atomic mass is 79.9. The molecule has 0 fully saturated rings. The van der Waals surface area contributed by atoms with Gasteiger partial charge in [-0.25, -0.2) is 0 Å². The predicted octanol–water partition coefficient (Wildman–Crippen LogP) is 4.11. The second-order valence-corrected chi connectivity index (χ2v) is 6.41. The lowest BCUT2D eigenvalue weighted by Gasteiger charge is -2.16. The molecule has 0 heterocycles. The highest BCUT2D eigenvalue weighted by molar-refractivity contribution is 9.11.